The highest BCUT2D eigenvalue weighted by atomic mass is 15.3. The zero-order chi connectivity index (χ0) is 19.1. The van der Waals surface area contributed by atoms with Crippen molar-refractivity contribution in [1.82, 2.24) is 24.7 Å². The summed E-state index contributed by atoms with van der Waals surface area (Å²) in [6, 6.07) is 11.2. The molecule has 0 saturated heterocycles. The largest absolute Gasteiger partial charge is 0.363 e. The second-order valence-electron chi connectivity index (χ2n) is 7.50. The van der Waals surface area contributed by atoms with Crippen molar-refractivity contribution < 1.29 is 0 Å². The zero-order valence-electron chi connectivity index (χ0n) is 16.0. The molecule has 0 amide bonds. The molecule has 7 heteroatoms. The van der Waals surface area contributed by atoms with Crippen LogP contribution in [-0.2, 0) is 6.42 Å². The number of benzene rings is 1. The second-order valence-corrected chi connectivity index (χ2v) is 7.50. The van der Waals surface area contributed by atoms with Crippen LogP contribution >= 0.6 is 0 Å². The van der Waals surface area contributed by atoms with Gasteiger partial charge in [-0.05, 0) is 43.9 Å². The van der Waals surface area contributed by atoms with Gasteiger partial charge in [0.2, 0.25) is 5.95 Å². The molecule has 1 aliphatic carbocycles. The van der Waals surface area contributed by atoms with Crippen LogP contribution in [-0.4, -0.2) is 24.7 Å². The van der Waals surface area contributed by atoms with Gasteiger partial charge in [0.15, 0.2) is 0 Å². The van der Waals surface area contributed by atoms with E-state index in [-0.39, 0.29) is 6.04 Å². The minimum absolute atomic E-state index is 0.265. The second kappa shape index (κ2) is 6.67. The molecule has 0 aliphatic heterocycles. The molecule has 0 fully saturated rings. The Morgan fingerprint density at radius 2 is 2.07 bits per heavy atom. The van der Waals surface area contributed by atoms with E-state index in [2.05, 4.69) is 63.8 Å². The number of aromatic amines is 1. The summed E-state index contributed by atoms with van der Waals surface area (Å²) in [5.74, 6) is 1.39. The first-order chi connectivity index (χ1) is 13.7. The molecular weight excluding hydrogens is 350 g/mol. The number of nitrogens with one attached hydrogen (secondary N) is 3. The van der Waals surface area contributed by atoms with Crippen molar-refractivity contribution in [3.8, 4) is 0 Å². The Morgan fingerprint density at radius 1 is 1.18 bits per heavy atom. The average molecular weight is 373 g/mol. The van der Waals surface area contributed by atoms with E-state index in [0.717, 1.165) is 35.4 Å². The molecule has 0 spiro atoms. The molecule has 3 aromatic heterocycles. The maximum Gasteiger partial charge on any atom is 0.231 e. The lowest BCUT2D eigenvalue weighted by atomic mass is 10.1. The number of nitrogens with zero attached hydrogens (tertiary/aromatic N) is 4. The predicted octanol–water partition coefficient (Wildman–Crippen LogP) is 4.58. The fourth-order valence-corrected chi connectivity index (χ4v) is 3.79. The fraction of sp³-hybridized carbons (Fsp3) is 0.286. The lowest BCUT2D eigenvalue weighted by Gasteiger charge is -2.16. The lowest BCUT2D eigenvalue weighted by Crippen LogP contribution is -2.10. The smallest absolute Gasteiger partial charge is 0.231 e. The van der Waals surface area contributed by atoms with Crippen LogP contribution in [0.2, 0.25) is 0 Å². The van der Waals surface area contributed by atoms with Crippen LogP contribution in [0.1, 0.15) is 43.5 Å². The van der Waals surface area contributed by atoms with Crippen molar-refractivity contribution >= 4 is 28.5 Å². The van der Waals surface area contributed by atoms with Crippen molar-refractivity contribution in [2.24, 2.45) is 0 Å². The third kappa shape index (κ3) is 2.98. The highest BCUT2D eigenvalue weighted by Gasteiger charge is 2.23. The average Bonchev–Trinajstić information content (AvgIpc) is 3.42. The maximum absolute atomic E-state index is 4.77. The van der Waals surface area contributed by atoms with Crippen molar-refractivity contribution in [2.45, 2.75) is 38.8 Å². The summed E-state index contributed by atoms with van der Waals surface area (Å²) in [6.07, 6.45) is 7.82. The van der Waals surface area contributed by atoms with Crippen LogP contribution in [0.3, 0.4) is 0 Å². The number of aryl methyl sites for hydroxylation is 1. The Balaban J connectivity index is 1.46. The van der Waals surface area contributed by atoms with Gasteiger partial charge in [0, 0.05) is 18.4 Å². The van der Waals surface area contributed by atoms with Gasteiger partial charge in [-0.3, -0.25) is 4.68 Å². The van der Waals surface area contributed by atoms with Gasteiger partial charge in [0.1, 0.15) is 11.5 Å². The summed E-state index contributed by atoms with van der Waals surface area (Å²) in [5.41, 5.74) is 4.45. The van der Waals surface area contributed by atoms with Gasteiger partial charge >= 0.3 is 0 Å². The monoisotopic (exact) mass is 373 g/mol. The zero-order valence-corrected chi connectivity index (χ0v) is 16.0. The van der Waals surface area contributed by atoms with Gasteiger partial charge in [-0.25, -0.2) is 0 Å². The first kappa shape index (κ1) is 16.8. The van der Waals surface area contributed by atoms with Crippen LogP contribution in [0.15, 0.2) is 48.9 Å². The number of hydrogen-bond donors (Lipinski definition) is 3. The number of fused-ring (bicyclic) bond motifs is 2. The first-order valence-corrected chi connectivity index (χ1v) is 9.68. The summed E-state index contributed by atoms with van der Waals surface area (Å²) in [5, 5.41) is 12.3. The van der Waals surface area contributed by atoms with E-state index in [4.69, 9.17) is 4.98 Å². The third-order valence-electron chi connectivity index (χ3n) is 5.25. The van der Waals surface area contributed by atoms with Crippen LogP contribution < -0.4 is 10.6 Å². The van der Waals surface area contributed by atoms with E-state index in [9.17, 15) is 0 Å². The molecule has 1 aromatic carbocycles. The molecule has 3 heterocycles. The van der Waals surface area contributed by atoms with Crippen molar-refractivity contribution in [2.75, 3.05) is 10.6 Å². The fourth-order valence-electron chi connectivity index (χ4n) is 3.79. The summed E-state index contributed by atoms with van der Waals surface area (Å²) in [7, 11) is 0. The molecule has 3 N–H and O–H groups in total. The Kier molecular flexibility index (Phi) is 4.00. The van der Waals surface area contributed by atoms with Crippen molar-refractivity contribution in [1.29, 1.82) is 0 Å². The lowest BCUT2D eigenvalue weighted by molar-refractivity contribution is 0.532. The molecule has 0 bridgehead atoms. The third-order valence-corrected chi connectivity index (χ3v) is 5.25. The van der Waals surface area contributed by atoms with E-state index in [1.807, 2.05) is 23.1 Å². The van der Waals surface area contributed by atoms with Gasteiger partial charge in [0.25, 0.3) is 0 Å². The Labute approximate surface area is 163 Å². The number of anilines is 3. The standard InChI is InChI=1S/C21H23N7/c1-13(2)28-12-15(11-23-28)24-21-26-19-17(9-10-22-19)20(27-21)25-18-8-7-14-5-3-4-6-16(14)18/h3-6,9-13,18H,7-8H2,1-2H3,(H3,22,24,25,26,27)/t18-/m1/s1. The molecule has 1 atom stereocenters. The van der Waals surface area contributed by atoms with E-state index in [1.165, 1.54) is 11.1 Å². The number of aromatic nitrogens is 5. The number of hydrogen-bond acceptors (Lipinski definition) is 5. The van der Waals surface area contributed by atoms with Crippen LogP contribution in [0.25, 0.3) is 11.0 Å². The van der Waals surface area contributed by atoms with Crippen molar-refractivity contribution in [3.05, 3.63) is 60.0 Å². The summed E-state index contributed by atoms with van der Waals surface area (Å²) < 4.78 is 1.91. The molecular formula is C21H23N7. The van der Waals surface area contributed by atoms with Gasteiger partial charge < -0.3 is 15.6 Å². The number of rotatable bonds is 5. The van der Waals surface area contributed by atoms with E-state index in [0.29, 0.717) is 12.0 Å². The summed E-state index contributed by atoms with van der Waals surface area (Å²) >= 11 is 0. The molecule has 0 unspecified atom stereocenters. The molecule has 0 radical (unpaired) electrons. The van der Waals surface area contributed by atoms with Gasteiger partial charge in [-0.2, -0.15) is 15.1 Å². The number of H-pyrrole nitrogens is 1. The molecule has 4 aromatic rings. The van der Waals surface area contributed by atoms with Gasteiger partial charge in [-0.15, -0.1) is 0 Å². The first-order valence-electron chi connectivity index (χ1n) is 9.68. The van der Waals surface area contributed by atoms with Crippen LogP contribution in [0.4, 0.5) is 17.5 Å². The summed E-state index contributed by atoms with van der Waals surface area (Å²) in [4.78, 5) is 12.6. The topological polar surface area (TPSA) is 83.5 Å². The predicted molar refractivity (Wildman–Crippen MR) is 111 cm³/mol. The Hall–Kier alpha value is -3.35. The van der Waals surface area contributed by atoms with E-state index in [1.54, 1.807) is 6.20 Å². The Morgan fingerprint density at radius 3 is 2.93 bits per heavy atom. The minimum Gasteiger partial charge on any atom is -0.363 e. The molecule has 1 aliphatic rings. The van der Waals surface area contributed by atoms with Crippen molar-refractivity contribution in [3.63, 3.8) is 0 Å². The quantitative estimate of drug-likeness (QED) is 0.477. The molecule has 28 heavy (non-hydrogen) atoms. The maximum atomic E-state index is 4.77. The molecule has 0 saturated carbocycles. The summed E-state index contributed by atoms with van der Waals surface area (Å²) in [6.45, 7) is 4.19. The SMILES string of the molecule is CC(C)n1cc(Nc2nc(N[C@@H]3CCc4ccccc43)c3cc[nH]c3n2)cn1. The normalized spacial score (nSPS) is 15.9. The van der Waals surface area contributed by atoms with E-state index < -0.39 is 0 Å². The highest BCUT2D eigenvalue weighted by molar-refractivity contribution is 5.88. The van der Waals surface area contributed by atoms with Crippen LogP contribution in [0, 0.1) is 0 Å². The Bertz CT molecular complexity index is 1120. The molecule has 142 valence electrons. The molecule has 7 nitrogen and oxygen atoms in total. The van der Waals surface area contributed by atoms with E-state index >= 15 is 0 Å². The van der Waals surface area contributed by atoms with Gasteiger partial charge in [0.05, 0.1) is 23.3 Å². The van der Waals surface area contributed by atoms with Gasteiger partial charge in [-0.1, -0.05) is 24.3 Å². The molecule has 5 rings (SSSR count). The minimum atomic E-state index is 0.265. The van der Waals surface area contributed by atoms with Crippen LogP contribution in [0.5, 0.6) is 0 Å². The highest BCUT2D eigenvalue weighted by Crippen LogP contribution is 2.35.